The average molecular weight is 618 g/mol. The summed E-state index contributed by atoms with van der Waals surface area (Å²) < 4.78 is 0. The summed E-state index contributed by atoms with van der Waals surface area (Å²) in [5, 5.41) is 3.48. The van der Waals surface area contributed by atoms with E-state index in [9.17, 15) is 0 Å². The van der Waals surface area contributed by atoms with Crippen LogP contribution in [0.2, 0.25) is 0 Å². The van der Waals surface area contributed by atoms with Crippen LogP contribution < -0.4 is 10.2 Å². The number of allylic oxidation sites excluding steroid dienone is 13. The highest BCUT2D eigenvalue weighted by atomic mass is 15.1. The van der Waals surface area contributed by atoms with Crippen molar-refractivity contribution < 1.29 is 0 Å². The number of nitrogens with zero attached hydrogens (tertiary/aromatic N) is 2. The summed E-state index contributed by atoms with van der Waals surface area (Å²) in [6.07, 6.45) is 31.0. The van der Waals surface area contributed by atoms with Crippen molar-refractivity contribution in [2.24, 2.45) is 0 Å². The highest BCUT2D eigenvalue weighted by Gasteiger charge is 2.17. The third-order valence-electron chi connectivity index (χ3n) is 7.84. The SMILES string of the molecule is C=CC(/C=C/C=C\C=C/C)=C(\C=C)Nc1ccc(Cc2ccc(CC(/C=C\C(=C)N3CC(C)=Cc4cnccc43)=C/CC)cc2)cc1. The molecule has 0 atom stereocenters. The molecule has 3 aromatic rings. The highest BCUT2D eigenvalue weighted by molar-refractivity contribution is 5.75. The van der Waals surface area contributed by atoms with Crippen molar-refractivity contribution in [3.05, 3.63) is 204 Å². The summed E-state index contributed by atoms with van der Waals surface area (Å²) in [6, 6.07) is 19.6. The standard InChI is InChI=1S/C44H47N3/c1-7-11-12-13-14-16-40(9-3)43(10-4)46-42-25-23-39(24-26-42)31-38-21-19-37(20-22-38)30-36(15-8-2)18-17-35(6)47-33-34(5)29-41-32-45-28-27-44(41)47/h7,9-29,32,46H,3-4,6,8,30-31,33H2,1-2,5H3/b11-7-,13-12-,16-14+,18-17-,36-15+,43-40-. The van der Waals surface area contributed by atoms with Crippen LogP contribution in [0, 0.1) is 0 Å². The Morgan fingerprint density at radius 2 is 1.57 bits per heavy atom. The molecular formula is C44H47N3. The minimum absolute atomic E-state index is 0.837. The van der Waals surface area contributed by atoms with Gasteiger partial charge >= 0.3 is 0 Å². The molecule has 0 spiro atoms. The number of hydrogen-bond acceptors (Lipinski definition) is 3. The normalized spacial score (nSPS) is 14.1. The molecule has 1 aliphatic rings. The molecule has 0 saturated carbocycles. The van der Waals surface area contributed by atoms with Gasteiger partial charge in [-0.25, -0.2) is 0 Å². The fourth-order valence-electron chi connectivity index (χ4n) is 5.43. The van der Waals surface area contributed by atoms with E-state index in [-0.39, 0.29) is 0 Å². The lowest BCUT2D eigenvalue weighted by atomic mass is 9.99. The van der Waals surface area contributed by atoms with Crippen molar-refractivity contribution in [3.63, 3.8) is 0 Å². The molecule has 238 valence electrons. The van der Waals surface area contributed by atoms with Crippen molar-refractivity contribution in [2.75, 3.05) is 16.8 Å². The lowest BCUT2D eigenvalue weighted by molar-refractivity contribution is 0.978. The first-order valence-corrected chi connectivity index (χ1v) is 16.3. The van der Waals surface area contributed by atoms with Gasteiger partial charge < -0.3 is 10.2 Å². The number of anilines is 2. The quantitative estimate of drug-likeness (QED) is 0.172. The van der Waals surface area contributed by atoms with Crippen molar-refractivity contribution in [2.45, 2.75) is 40.0 Å². The molecule has 0 unspecified atom stereocenters. The van der Waals surface area contributed by atoms with E-state index in [1.54, 1.807) is 0 Å². The van der Waals surface area contributed by atoms with Gasteiger partial charge in [0.05, 0.1) is 5.69 Å². The average Bonchev–Trinajstić information content (AvgIpc) is 3.09. The predicted molar refractivity (Wildman–Crippen MR) is 205 cm³/mol. The smallest absolute Gasteiger partial charge is 0.0518 e. The second-order valence-corrected chi connectivity index (χ2v) is 11.6. The Morgan fingerprint density at radius 1 is 0.872 bits per heavy atom. The third-order valence-corrected chi connectivity index (χ3v) is 7.84. The Kier molecular flexibility index (Phi) is 13.1. The molecule has 0 radical (unpaired) electrons. The number of fused-ring (bicyclic) bond motifs is 1. The topological polar surface area (TPSA) is 28.2 Å². The highest BCUT2D eigenvalue weighted by Crippen LogP contribution is 2.30. The maximum absolute atomic E-state index is 4.40. The molecule has 0 bridgehead atoms. The van der Waals surface area contributed by atoms with Gasteiger partial charge in [0.25, 0.3) is 0 Å². The number of rotatable bonds is 15. The molecule has 2 aromatic carbocycles. The number of pyridine rings is 1. The fourth-order valence-corrected chi connectivity index (χ4v) is 5.43. The molecule has 0 fully saturated rings. The van der Waals surface area contributed by atoms with Crippen LogP contribution in [0.1, 0.15) is 49.4 Å². The second-order valence-electron chi connectivity index (χ2n) is 11.6. The summed E-state index contributed by atoms with van der Waals surface area (Å²) >= 11 is 0. The van der Waals surface area contributed by atoms with E-state index in [1.807, 2.05) is 67.9 Å². The number of nitrogens with one attached hydrogen (secondary N) is 1. The Bertz CT molecular complexity index is 1750. The largest absolute Gasteiger partial charge is 0.355 e. The summed E-state index contributed by atoms with van der Waals surface area (Å²) in [6.45, 7) is 19.5. The van der Waals surface area contributed by atoms with E-state index in [1.165, 1.54) is 27.8 Å². The van der Waals surface area contributed by atoms with Gasteiger partial charge in [-0.3, -0.25) is 4.98 Å². The first kappa shape index (κ1) is 34.5. The first-order chi connectivity index (χ1) is 22.9. The van der Waals surface area contributed by atoms with Gasteiger partial charge in [0.1, 0.15) is 0 Å². The van der Waals surface area contributed by atoms with E-state index in [0.29, 0.717) is 0 Å². The minimum atomic E-state index is 0.837. The summed E-state index contributed by atoms with van der Waals surface area (Å²) in [7, 11) is 0. The van der Waals surface area contributed by atoms with Crippen molar-refractivity contribution >= 4 is 17.5 Å². The predicted octanol–water partition coefficient (Wildman–Crippen LogP) is 11.3. The Labute approximate surface area is 282 Å². The van der Waals surface area contributed by atoms with Crippen LogP contribution in [0.3, 0.4) is 0 Å². The fraction of sp³-hybridized carbons (Fsp3) is 0.159. The second kappa shape index (κ2) is 17.9. The Balaban J connectivity index is 1.36. The van der Waals surface area contributed by atoms with E-state index >= 15 is 0 Å². The number of hydrogen-bond donors (Lipinski definition) is 1. The van der Waals surface area contributed by atoms with E-state index in [0.717, 1.165) is 59.7 Å². The van der Waals surface area contributed by atoms with Gasteiger partial charge in [-0.2, -0.15) is 0 Å². The van der Waals surface area contributed by atoms with E-state index < -0.39 is 0 Å². The molecule has 1 aromatic heterocycles. The zero-order chi connectivity index (χ0) is 33.4. The van der Waals surface area contributed by atoms with E-state index in [2.05, 4.69) is 128 Å². The van der Waals surface area contributed by atoms with Crippen LogP contribution in [0.25, 0.3) is 6.08 Å². The first-order valence-electron chi connectivity index (χ1n) is 16.3. The number of benzene rings is 2. The minimum Gasteiger partial charge on any atom is -0.355 e. The Hall–Kier alpha value is -5.41. The Morgan fingerprint density at radius 3 is 2.26 bits per heavy atom. The molecular weight excluding hydrogens is 571 g/mol. The lowest BCUT2D eigenvalue weighted by Gasteiger charge is -2.30. The van der Waals surface area contributed by atoms with Crippen LogP contribution in [0.4, 0.5) is 11.4 Å². The molecule has 0 aliphatic carbocycles. The molecule has 4 rings (SSSR count). The zero-order valence-corrected chi connectivity index (χ0v) is 28.1. The van der Waals surface area contributed by atoms with Gasteiger partial charge in [0.15, 0.2) is 0 Å². The molecule has 3 heteroatoms. The molecule has 1 N–H and O–H groups in total. The molecule has 1 aliphatic heterocycles. The summed E-state index contributed by atoms with van der Waals surface area (Å²) in [5.74, 6) is 0. The number of aromatic nitrogens is 1. The zero-order valence-electron chi connectivity index (χ0n) is 28.1. The third kappa shape index (κ3) is 10.3. The van der Waals surface area contributed by atoms with Crippen LogP contribution in [0.15, 0.2) is 182 Å². The molecule has 2 heterocycles. The van der Waals surface area contributed by atoms with Gasteiger partial charge in [0.2, 0.25) is 0 Å². The molecule has 3 nitrogen and oxygen atoms in total. The van der Waals surface area contributed by atoms with Crippen LogP contribution >= 0.6 is 0 Å². The van der Waals surface area contributed by atoms with Gasteiger partial charge in [-0.1, -0.05) is 129 Å². The van der Waals surface area contributed by atoms with Crippen molar-refractivity contribution in [1.82, 2.24) is 4.98 Å². The maximum Gasteiger partial charge on any atom is 0.0518 e. The summed E-state index contributed by atoms with van der Waals surface area (Å²) in [4.78, 5) is 6.56. The monoisotopic (exact) mass is 617 g/mol. The van der Waals surface area contributed by atoms with Crippen LogP contribution in [0.5, 0.6) is 0 Å². The molecule has 0 amide bonds. The van der Waals surface area contributed by atoms with Crippen molar-refractivity contribution in [1.29, 1.82) is 0 Å². The van der Waals surface area contributed by atoms with Crippen LogP contribution in [-0.4, -0.2) is 11.5 Å². The summed E-state index contributed by atoms with van der Waals surface area (Å²) in [5.41, 5.74) is 12.6. The van der Waals surface area contributed by atoms with Gasteiger partial charge in [-0.15, -0.1) is 0 Å². The molecule has 47 heavy (non-hydrogen) atoms. The van der Waals surface area contributed by atoms with Crippen LogP contribution in [-0.2, 0) is 12.8 Å². The van der Waals surface area contributed by atoms with Crippen molar-refractivity contribution in [3.8, 4) is 0 Å². The van der Waals surface area contributed by atoms with E-state index in [4.69, 9.17) is 0 Å². The molecule has 0 saturated heterocycles. The van der Waals surface area contributed by atoms with Gasteiger partial charge in [0, 0.05) is 41.6 Å². The van der Waals surface area contributed by atoms with Gasteiger partial charge in [-0.05, 0) is 91.3 Å². The maximum atomic E-state index is 4.40. The lowest BCUT2D eigenvalue weighted by Crippen LogP contribution is -2.26.